The number of guanidine groups is 1. The molecule has 0 saturated heterocycles. The lowest BCUT2D eigenvalue weighted by atomic mass is 10.9. The quantitative estimate of drug-likeness (QED) is 0.172. The smallest absolute Gasteiger partial charge is 0.376 e. The van der Waals surface area contributed by atoms with E-state index in [-0.39, 0.29) is 5.96 Å². The lowest BCUT2D eigenvalue weighted by molar-refractivity contribution is -0.118. The Morgan fingerprint density at radius 2 is 2.17 bits per heavy atom. The van der Waals surface area contributed by atoms with E-state index < -0.39 is 6.03 Å². The number of aliphatic imine (C=N–C) groups is 1. The Labute approximate surface area is 67.9 Å². The molecule has 0 heterocycles. The van der Waals surface area contributed by atoms with Crippen LogP contribution in [0.15, 0.2) is 4.99 Å². The van der Waals surface area contributed by atoms with Crippen LogP contribution in [-0.4, -0.2) is 18.0 Å². The number of nitrogens with zero attached hydrogens (tertiary/aromatic N) is 3. The van der Waals surface area contributed by atoms with E-state index in [1.165, 1.54) is 12.2 Å². The van der Waals surface area contributed by atoms with Crippen molar-refractivity contribution >= 4 is 18.0 Å². The highest BCUT2D eigenvalue weighted by molar-refractivity contribution is 5.91. The van der Waals surface area contributed by atoms with Crippen molar-refractivity contribution in [3.63, 3.8) is 0 Å². The van der Waals surface area contributed by atoms with Crippen molar-refractivity contribution in [1.82, 2.24) is 5.32 Å². The van der Waals surface area contributed by atoms with Crippen molar-refractivity contribution in [3.05, 3.63) is 5.41 Å². The Hall–Kier alpha value is -2.39. The molecule has 64 valence electrons. The molecule has 0 spiro atoms. The third kappa shape index (κ3) is 25.5. The van der Waals surface area contributed by atoms with Gasteiger partial charge in [0.25, 0.3) is 0 Å². The summed E-state index contributed by atoms with van der Waals surface area (Å²) in [5, 5.41) is 21.5. The fourth-order valence-corrected chi connectivity index (χ4v) is 0.165. The Morgan fingerprint density at radius 1 is 1.67 bits per heavy atom. The summed E-state index contributed by atoms with van der Waals surface area (Å²) in [5.74, 6) is -0.187. The van der Waals surface area contributed by atoms with E-state index in [4.69, 9.17) is 21.8 Å². The zero-order chi connectivity index (χ0) is 9.98. The molecule has 8 heteroatoms. The molecule has 7 N–H and O–H groups in total. The lowest BCUT2D eigenvalue weighted by Crippen LogP contribution is -2.57. The second-order valence-corrected chi connectivity index (χ2v) is 1.26. The molecule has 0 aliphatic heterocycles. The van der Waals surface area contributed by atoms with Gasteiger partial charge in [0.05, 0.1) is 6.19 Å². The topological polar surface area (TPSA) is 165 Å². The summed E-state index contributed by atoms with van der Waals surface area (Å²) in [6.45, 7) is 0. The van der Waals surface area contributed by atoms with Gasteiger partial charge in [-0.2, -0.15) is 10.6 Å². The van der Waals surface area contributed by atoms with Crippen LogP contribution in [0.3, 0.4) is 0 Å². The van der Waals surface area contributed by atoms with E-state index >= 15 is 0 Å². The largest absolute Gasteiger partial charge is 0.422 e. The van der Waals surface area contributed by atoms with Gasteiger partial charge in [-0.1, -0.05) is 0 Å². The average molecular weight is 169 g/mol. The molecular formula is C4H7N7O. The van der Waals surface area contributed by atoms with Crippen molar-refractivity contribution in [2.24, 2.45) is 16.5 Å². The number of carbonyl (C=O) groups is 1. The van der Waals surface area contributed by atoms with Crippen LogP contribution in [0, 0.1) is 11.5 Å². The Kier molecular flexibility index (Phi) is 8.83. The number of urea groups is 1. The highest BCUT2D eigenvalue weighted by Crippen LogP contribution is 1.44. The van der Waals surface area contributed by atoms with Crippen molar-refractivity contribution in [2.45, 2.75) is 0 Å². The molecule has 8 nitrogen and oxygen atoms in total. The predicted octanol–water partition coefficient (Wildman–Crippen LogP) is -3.06. The van der Waals surface area contributed by atoms with Crippen molar-refractivity contribution < 1.29 is 10.2 Å². The third-order valence-electron chi connectivity index (χ3n) is 0.368. The van der Waals surface area contributed by atoms with Crippen LogP contribution in [-0.2, 0) is 0 Å². The Bertz CT molecular complexity index is 233. The molecule has 0 aliphatic carbocycles. The first-order valence-electron chi connectivity index (χ1n) is 2.46. The zero-order valence-corrected chi connectivity index (χ0v) is 5.98. The molecule has 2 amide bonds. The molecule has 0 aromatic rings. The van der Waals surface area contributed by atoms with Gasteiger partial charge < -0.3 is 16.1 Å². The van der Waals surface area contributed by atoms with E-state index in [0.29, 0.717) is 0 Å². The molecule has 0 aromatic heterocycles. The summed E-state index contributed by atoms with van der Waals surface area (Å²) >= 11 is 0. The summed E-state index contributed by atoms with van der Waals surface area (Å²) < 4.78 is 0. The third-order valence-corrected chi connectivity index (χ3v) is 0.368. The van der Waals surface area contributed by atoms with E-state index in [9.17, 15) is 4.79 Å². The van der Waals surface area contributed by atoms with Crippen LogP contribution >= 0.6 is 0 Å². The summed E-state index contributed by atoms with van der Waals surface area (Å²) in [4.78, 5) is 12.3. The number of amides is 2. The second kappa shape index (κ2) is 8.61. The van der Waals surface area contributed by atoms with Gasteiger partial charge in [-0.05, 0) is 0 Å². The maximum atomic E-state index is 9.74. The molecule has 12 heavy (non-hydrogen) atoms. The van der Waals surface area contributed by atoms with E-state index in [2.05, 4.69) is 10.7 Å². The second-order valence-electron chi connectivity index (χ2n) is 1.26. The molecule has 0 atom stereocenters. The van der Waals surface area contributed by atoms with Crippen LogP contribution < -0.4 is 22.2 Å². The van der Waals surface area contributed by atoms with Gasteiger partial charge in [-0.3, -0.25) is 11.1 Å². The maximum absolute atomic E-state index is 9.74. The molecule has 0 aromatic carbocycles. The Balaban J connectivity index is 0. The number of primary amides is 1. The van der Waals surface area contributed by atoms with Crippen molar-refractivity contribution in [2.75, 3.05) is 0 Å². The number of nitriles is 1. The van der Waals surface area contributed by atoms with Gasteiger partial charge in [-0.15, -0.1) is 6.01 Å². The number of hydrogen-bond donors (Lipinski definition) is 4. The normalized spacial score (nSPS) is 5.92. The SMILES string of the molecule is N#CN=C=[N-].NC(=[NH2+])NC(N)=O. The van der Waals surface area contributed by atoms with Crippen molar-refractivity contribution in [1.29, 1.82) is 5.26 Å². The number of hydrogen-bond acceptors (Lipinski definition) is 3. The lowest BCUT2D eigenvalue weighted by Gasteiger charge is -1.83. The molecule has 0 fully saturated rings. The minimum atomic E-state index is -0.750. The van der Waals surface area contributed by atoms with E-state index in [1.807, 2.05) is 5.32 Å². The van der Waals surface area contributed by atoms with Gasteiger partial charge in [0.2, 0.25) is 0 Å². The average Bonchev–Trinajstić information content (AvgIpc) is 1.87. The van der Waals surface area contributed by atoms with Crippen LogP contribution in [0.1, 0.15) is 0 Å². The van der Waals surface area contributed by atoms with Gasteiger partial charge in [0, 0.05) is 0 Å². The fourth-order valence-electron chi connectivity index (χ4n) is 0.165. The van der Waals surface area contributed by atoms with Gasteiger partial charge in [0.1, 0.15) is 0 Å². The van der Waals surface area contributed by atoms with Crippen molar-refractivity contribution in [3.8, 4) is 6.19 Å². The highest BCUT2D eigenvalue weighted by atomic mass is 16.2. The summed E-state index contributed by atoms with van der Waals surface area (Å²) in [6.07, 6.45) is 1.28. The minimum absolute atomic E-state index is 0.187. The number of rotatable bonds is 0. The minimum Gasteiger partial charge on any atom is -0.422 e. The maximum Gasteiger partial charge on any atom is 0.376 e. The molecule has 0 bridgehead atoms. The molecule has 0 radical (unpaired) electrons. The standard InChI is InChI=1S/C2H6N4O.C2N3/c3-1(4)6-2(5)7;3-1-5-2-4/h(H6,3,4,5,6,7);/q;-1/p+1. The van der Waals surface area contributed by atoms with Crippen LogP contribution in [0.25, 0.3) is 5.41 Å². The van der Waals surface area contributed by atoms with E-state index in [1.54, 1.807) is 0 Å². The molecule has 0 aliphatic rings. The Morgan fingerprint density at radius 3 is 2.17 bits per heavy atom. The predicted molar refractivity (Wildman–Crippen MR) is 40.2 cm³/mol. The number of nitrogens with two attached hydrogens (primary N) is 3. The van der Waals surface area contributed by atoms with Crippen LogP contribution in [0.4, 0.5) is 4.79 Å². The molecular weight excluding hydrogens is 162 g/mol. The van der Waals surface area contributed by atoms with Crippen LogP contribution in [0.5, 0.6) is 0 Å². The first-order chi connectivity index (χ1) is 5.54. The molecule has 0 saturated carbocycles. The highest BCUT2D eigenvalue weighted by Gasteiger charge is 1.96. The molecule has 0 unspecified atom stereocenters. The monoisotopic (exact) mass is 169 g/mol. The number of nitrogens with one attached hydrogen (secondary N) is 1. The fraction of sp³-hybridized carbons (Fsp3) is 0. The first kappa shape index (κ1) is 12.3. The molecule has 0 rings (SSSR count). The van der Waals surface area contributed by atoms with Gasteiger partial charge in [0.15, 0.2) is 0 Å². The first-order valence-corrected chi connectivity index (χ1v) is 2.46. The summed E-state index contributed by atoms with van der Waals surface area (Å²) in [5.41, 5.74) is 9.34. The van der Waals surface area contributed by atoms with Gasteiger partial charge >= 0.3 is 12.0 Å². The summed E-state index contributed by atoms with van der Waals surface area (Å²) in [6, 6.07) is 0.531. The van der Waals surface area contributed by atoms with Gasteiger partial charge in [-0.25, -0.2) is 4.79 Å². The summed E-state index contributed by atoms with van der Waals surface area (Å²) in [7, 11) is 0. The number of carbonyl (C=O) groups excluding carboxylic acids is 1. The van der Waals surface area contributed by atoms with E-state index in [0.717, 1.165) is 0 Å². The van der Waals surface area contributed by atoms with Crippen LogP contribution in [0.2, 0.25) is 0 Å². The zero-order valence-electron chi connectivity index (χ0n) is 5.98.